The van der Waals surface area contributed by atoms with Crippen LogP contribution in [0.2, 0.25) is 5.28 Å². The van der Waals surface area contributed by atoms with Crippen molar-refractivity contribution in [2.24, 2.45) is 0 Å². The van der Waals surface area contributed by atoms with Gasteiger partial charge in [-0.15, -0.1) is 0 Å². The predicted molar refractivity (Wildman–Crippen MR) is 94.7 cm³/mol. The first-order valence-corrected chi connectivity index (χ1v) is 7.92. The molecule has 0 saturated carbocycles. The number of halogens is 1. The van der Waals surface area contributed by atoms with E-state index in [-0.39, 0.29) is 5.28 Å². The van der Waals surface area contributed by atoms with Crippen LogP contribution < -0.4 is 0 Å². The molecule has 1 heterocycles. The van der Waals surface area contributed by atoms with Gasteiger partial charge in [-0.05, 0) is 24.9 Å². The number of rotatable bonds is 4. The Kier molecular flexibility index (Phi) is 8.08. The van der Waals surface area contributed by atoms with Crippen LogP contribution in [0.15, 0.2) is 48.6 Å². The Morgan fingerprint density at radius 2 is 1.77 bits per heavy atom. The van der Waals surface area contributed by atoms with Crippen molar-refractivity contribution in [3.05, 3.63) is 59.7 Å². The fourth-order valence-electron chi connectivity index (χ4n) is 1.74. The van der Waals surface area contributed by atoms with Crippen molar-refractivity contribution in [2.75, 3.05) is 0 Å². The molecule has 0 spiro atoms. The van der Waals surface area contributed by atoms with Crippen LogP contribution in [0.4, 0.5) is 0 Å². The number of hydrogen-bond donors (Lipinski definition) is 0. The average molecular weight is 316 g/mol. The van der Waals surface area contributed by atoms with Gasteiger partial charge in [0.15, 0.2) is 11.6 Å². The molecule has 4 heteroatoms. The van der Waals surface area contributed by atoms with Crippen LogP contribution in [0.3, 0.4) is 0 Å². The zero-order chi connectivity index (χ0) is 16.4. The van der Waals surface area contributed by atoms with E-state index in [9.17, 15) is 0 Å². The van der Waals surface area contributed by atoms with Crippen molar-refractivity contribution in [3.8, 4) is 11.4 Å². The fourth-order valence-corrected chi connectivity index (χ4v) is 1.90. The lowest BCUT2D eigenvalue weighted by Gasteiger charge is -2.05. The second-order valence-corrected chi connectivity index (χ2v) is 4.51. The normalized spacial score (nSPS) is 11.2. The zero-order valence-electron chi connectivity index (χ0n) is 13.5. The molecule has 2 rings (SSSR count). The van der Waals surface area contributed by atoms with Crippen LogP contribution in [0, 0.1) is 0 Å². The van der Waals surface area contributed by atoms with Gasteiger partial charge in [-0.3, -0.25) is 0 Å². The van der Waals surface area contributed by atoms with Crippen LogP contribution >= 0.6 is 11.6 Å². The lowest BCUT2D eigenvalue weighted by molar-refractivity contribution is 1.03. The van der Waals surface area contributed by atoms with E-state index in [4.69, 9.17) is 11.6 Å². The SMILES string of the molecule is C/C=C(\C=C/CC)c1nc(Cl)nc(-c2ccccc2)n1.CC. The maximum atomic E-state index is 6.02. The summed E-state index contributed by atoms with van der Waals surface area (Å²) in [5.41, 5.74) is 1.86. The molecule has 0 aliphatic carbocycles. The third kappa shape index (κ3) is 5.08. The van der Waals surface area contributed by atoms with Gasteiger partial charge in [0.25, 0.3) is 0 Å². The second-order valence-electron chi connectivity index (χ2n) is 4.17. The summed E-state index contributed by atoms with van der Waals surface area (Å²) >= 11 is 6.02. The van der Waals surface area contributed by atoms with E-state index in [2.05, 4.69) is 28.0 Å². The van der Waals surface area contributed by atoms with E-state index in [1.54, 1.807) is 0 Å². The summed E-state index contributed by atoms with van der Waals surface area (Å²) in [7, 11) is 0. The summed E-state index contributed by atoms with van der Waals surface area (Å²) in [6, 6.07) is 9.74. The monoisotopic (exact) mass is 315 g/mol. The molecular weight excluding hydrogens is 294 g/mol. The topological polar surface area (TPSA) is 38.7 Å². The summed E-state index contributed by atoms with van der Waals surface area (Å²) < 4.78 is 0. The van der Waals surface area contributed by atoms with Crippen molar-refractivity contribution in [2.45, 2.75) is 34.1 Å². The first-order valence-electron chi connectivity index (χ1n) is 7.54. The van der Waals surface area contributed by atoms with Gasteiger partial charge in [0.1, 0.15) is 0 Å². The van der Waals surface area contributed by atoms with Gasteiger partial charge in [0, 0.05) is 11.1 Å². The Morgan fingerprint density at radius 3 is 2.36 bits per heavy atom. The molecule has 0 radical (unpaired) electrons. The molecule has 0 N–H and O–H groups in total. The third-order valence-electron chi connectivity index (χ3n) is 2.74. The van der Waals surface area contributed by atoms with Gasteiger partial charge in [0.2, 0.25) is 5.28 Å². The highest BCUT2D eigenvalue weighted by molar-refractivity contribution is 6.28. The molecule has 0 fully saturated rings. The summed E-state index contributed by atoms with van der Waals surface area (Å²) in [6.07, 6.45) is 6.99. The molecule has 116 valence electrons. The highest BCUT2D eigenvalue weighted by Gasteiger charge is 2.08. The molecule has 1 aromatic carbocycles. The minimum Gasteiger partial charge on any atom is -0.208 e. The first-order chi connectivity index (χ1) is 10.7. The van der Waals surface area contributed by atoms with Crippen molar-refractivity contribution in [3.63, 3.8) is 0 Å². The Labute approximate surface area is 137 Å². The Hall–Kier alpha value is -2.00. The quantitative estimate of drug-likeness (QED) is 0.690. The molecule has 0 aliphatic rings. The van der Waals surface area contributed by atoms with E-state index >= 15 is 0 Å². The van der Waals surface area contributed by atoms with Crippen LogP contribution in [0.5, 0.6) is 0 Å². The Morgan fingerprint density at radius 1 is 1.09 bits per heavy atom. The van der Waals surface area contributed by atoms with Crippen molar-refractivity contribution in [1.82, 2.24) is 15.0 Å². The smallest absolute Gasteiger partial charge is 0.208 e. The van der Waals surface area contributed by atoms with Gasteiger partial charge < -0.3 is 0 Å². The molecule has 2 aromatic rings. The van der Waals surface area contributed by atoms with Crippen LogP contribution in [0.1, 0.15) is 39.9 Å². The number of allylic oxidation sites excluding steroid dienone is 4. The van der Waals surface area contributed by atoms with Crippen molar-refractivity contribution < 1.29 is 0 Å². The lowest BCUT2D eigenvalue weighted by atomic mass is 10.2. The minimum absolute atomic E-state index is 0.207. The Bertz CT molecular complexity index is 634. The van der Waals surface area contributed by atoms with Gasteiger partial charge in [-0.2, -0.15) is 9.97 Å². The van der Waals surface area contributed by atoms with Crippen molar-refractivity contribution >= 4 is 17.2 Å². The van der Waals surface area contributed by atoms with E-state index < -0.39 is 0 Å². The molecule has 3 nitrogen and oxygen atoms in total. The third-order valence-corrected chi connectivity index (χ3v) is 2.91. The van der Waals surface area contributed by atoms with Gasteiger partial charge in [0.05, 0.1) is 0 Å². The molecule has 0 atom stereocenters. The van der Waals surface area contributed by atoms with E-state index in [0.29, 0.717) is 11.6 Å². The molecule has 22 heavy (non-hydrogen) atoms. The number of nitrogens with zero attached hydrogens (tertiary/aromatic N) is 3. The lowest BCUT2D eigenvalue weighted by Crippen LogP contribution is -1.99. The molecule has 0 aliphatic heterocycles. The highest BCUT2D eigenvalue weighted by atomic mass is 35.5. The van der Waals surface area contributed by atoms with Crippen LogP contribution in [-0.4, -0.2) is 15.0 Å². The number of benzene rings is 1. The molecule has 0 bridgehead atoms. The van der Waals surface area contributed by atoms with Crippen molar-refractivity contribution in [1.29, 1.82) is 0 Å². The summed E-state index contributed by atoms with van der Waals surface area (Å²) in [5.74, 6) is 1.18. The van der Waals surface area contributed by atoms with Crippen LogP contribution in [0.25, 0.3) is 17.0 Å². The number of hydrogen-bond acceptors (Lipinski definition) is 3. The maximum Gasteiger partial charge on any atom is 0.226 e. The minimum atomic E-state index is 0.207. The van der Waals surface area contributed by atoms with E-state index in [1.807, 2.05) is 63.3 Å². The standard InChI is InChI=1S/C16H16ClN3.C2H6/c1-3-5-9-12(4-2)14-18-15(20-16(17)19-14)13-10-7-6-8-11-13;1-2/h4-11H,3H2,1-2H3;1-2H3/b9-5-,12-4+;. The summed E-state index contributed by atoms with van der Waals surface area (Å²) in [6.45, 7) is 8.04. The van der Waals surface area contributed by atoms with Gasteiger partial charge in [-0.1, -0.05) is 69.3 Å². The zero-order valence-corrected chi connectivity index (χ0v) is 14.3. The average Bonchev–Trinajstić information content (AvgIpc) is 2.58. The Balaban J connectivity index is 0.00000116. The van der Waals surface area contributed by atoms with E-state index in [0.717, 1.165) is 17.6 Å². The largest absolute Gasteiger partial charge is 0.226 e. The first kappa shape index (κ1) is 18.1. The molecule has 0 amide bonds. The summed E-state index contributed by atoms with van der Waals surface area (Å²) in [4.78, 5) is 12.9. The number of aromatic nitrogens is 3. The van der Waals surface area contributed by atoms with Gasteiger partial charge >= 0.3 is 0 Å². The molecular formula is C18H22ClN3. The highest BCUT2D eigenvalue weighted by Crippen LogP contribution is 2.19. The summed E-state index contributed by atoms with van der Waals surface area (Å²) in [5, 5.41) is 0.207. The van der Waals surface area contributed by atoms with Gasteiger partial charge in [-0.25, -0.2) is 4.98 Å². The fraction of sp³-hybridized carbons (Fsp3) is 0.278. The van der Waals surface area contributed by atoms with Crippen LogP contribution in [-0.2, 0) is 0 Å². The maximum absolute atomic E-state index is 6.02. The molecule has 0 unspecified atom stereocenters. The van der Waals surface area contributed by atoms with E-state index in [1.165, 1.54) is 0 Å². The molecule has 0 saturated heterocycles. The predicted octanol–water partition coefficient (Wildman–Crippen LogP) is 5.59. The second kappa shape index (κ2) is 9.85. The molecule has 1 aromatic heterocycles.